The Hall–Kier alpha value is -6.41. The summed E-state index contributed by atoms with van der Waals surface area (Å²) in [5.74, 6) is 2.99. The maximum absolute atomic E-state index is 14.4. The maximum Gasteiger partial charge on any atom is 0.200 e. The lowest BCUT2D eigenvalue weighted by Gasteiger charge is -2.26. The Bertz CT molecular complexity index is 2030. The van der Waals surface area contributed by atoms with E-state index in [-0.39, 0.29) is 5.43 Å². The van der Waals surface area contributed by atoms with E-state index < -0.39 is 0 Å². The number of hydrogen-bond acceptors (Lipinski definition) is 8. The van der Waals surface area contributed by atoms with Crippen LogP contribution >= 0.6 is 0 Å². The largest absolute Gasteiger partial charge is 0.497 e. The van der Waals surface area contributed by atoms with E-state index in [1.54, 1.807) is 28.4 Å². The van der Waals surface area contributed by atoms with Crippen molar-refractivity contribution in [3.63, 3.8) is 0 Å². The first-order valence-electron chi connectivity index (χ1n) is 15.7. The topological polar surface area (TPSA) is 73.6 Å². The van der Waals surface area contributed by atoms with E-state index in [9.17, 15) is 4.79 Å². The molecule has 0 aliphatic heterocycles. The lowest BCUT2D eigenvalue weighted by Crippen LogP contribution is -2.12. The van der Waals surface area contributed by atoms with Crippen LogP contribution in [0.3, 0.4) is 0 Å². The molecule has 0 radical (unpaired) electrons. The minimum Gasteiger partial charge on any atom is -0.497 e. The van der Waals surface area contributed by atoms with Gasteiger partial charge in [0.2, 0.25) is 5.43 Å². The van der Waals surface area contributed by atoms with Crippen molar-refractivity contribution in [2.24, 2.45) is 0 Å². The standard InChI is InChI=1S/C41H34N2O6/c1-45-33-15-5-27(6-16-33)42(28-7-17-34(46-2)18-8-28)31-13-23-39-37(25-31)41(44)38-26-32(14-24-40(38)49-39)43(29-9-19-35(47-3)20-10-29)30-11-21-36(48-4)22-12-30/h5-26H,1-4H3. The molecule has 7 aromatic rings. The molecule has 0 amide bonds. The van der Waals surface area contributed by atoms with Gasteiger partial charge in [-0.1, -0.05) is 0 Å². The minimum absolute atomic E-state index is 0.131. The predicted octanol–water partition coefficient (Wildman–Crippen LogP) is 9.92. The lowest BCUT2D eigenvalue weighted by atomic mass is 10.1. The van der Waals surface area contributed by atoms with Gasteiger partial charge in [-0.15, -0.1) is 0 Å². The van der Waals surface area contributed by atoms with Crippen molar-refractivity contribution in [1.29, 1.82) is 0 Å². The average Bonchev–Trinajstić information content (AvgIpc) is 3.16. The van der Waals surface area contributed by atoms with Crippen molar-refractivity contribution in [3.05, 3.63) is 144 Å². The first-order chi connectivity index (χ1) is 24.0. The molecule has 6 aromatic carbocycles. The number of methoxy groups -OCH3 is 4. The molecule has 0 aliphatic carbocycles. The Morgan fingerprint density at radius 2 is 0.653 bits per heavy atom. The second-order valence-corrected chi connectivity index (χ2v) is 11.3. The number of benzene rings is 6. The van der Waals surface area contributed by atoms with Gasteiger partial charge in [-0.05, 0) is 133 Å². The number of anilines is 6. The highest BCUT2D eigenvalue weighted by Gasteiger charge is 2.19. The Labute approximate surface area is 283 Å². The molecule has 1 aromatic heterocycles. The van der Waals surface area contributed by atoms with E-state index in [1.165, 1.54) is 0 Å². The Kier molecular flexibility index (Phi) is 8.51. The average molecular weight is 651 g/mol. The lowest BCUT2D eigenvalue weighted by molar-refractivity contribution is 0.414. The molecule has 0 bridgehead atoms. The number of nitrogens with zero attached hydrogens (tertiary/aromatic N) is 2. The third-order valence-electron chi connectivity index (χ3n) is 8.47. The second-order valence-electron chi connectivity index (χ2n) is 11.3. The van der Waals surface area contributed by atoms with Crippen LogP contribution < -0.4 is 34.2 Å². The molecule has 8 heteroatoms. The van der Waals surface area contributed by atoms with Crippen LogP contribution in [0.4, 0.5) is 34.1 Å². The third-order valence-corrected chi connectivity index (χ3v) is 8.47. The summed E-state index contributed by atoms with van der Waals surface area (Å²) in [4.78, 5) is 18.5. The zero-order valence-electron chi connectivity index (χ0n) is 27.5. The van der Waals surface area contributed by atoms with Crippen LogP contribution in [0.25, 0.3) is 21.9 Å². The number of rotatable bonds is 10. The predicted molar refractivity (Wildman–Crippen MR) is 196 cm³/mol. The summed E-state index contributed by atoms with van der Waals surface area (Å²) in [7, 11) is 6.56. The quantitative estimate of drug-likeness (QED) is 0.136. The summed E-state index contributed by atoms with van der Waals surface area (Å²) < 4.78 is 28.0. The minimum atomic E-state index is -0.131. The molecule has 1 heterocycles. The molecule has 0 fully saturated rings. The smallest absolute Gasteiger partial charge is 0.200 e. The fourth-order valence-electron chi connectivity index (χ4n) is 5.93. The van der Waals surface area contributed by atoms with Gasteiger partial charge in [0.15, 0.2) is 0 Å². The van der Waals surface area contributed by atoms with Gasteiger partial charge in [0, 0.05) is 34.1 Å². The van der Waals surface area contributed by atoms with E-state index >= 15 is 0 Å². The van der Waals surface area contributed by atoms with Gasteiger partial charge < -0.3 is 33.2 Å². The molecule has 7 rings (SSSR count). The van der Waals surface area contributed by atoms with Crippen LogP contribution in [-0.2, 0) is 0 Å². The van der Waals surface area contributed by atoms with Gasteiger partial charge in [-0.2, -0.15) is 0 Å². The summed E-state index contributed by atoms with van der Waals surface area (Å²) in [5.41, 5.74) is 6.04. The van der Waals surface area contributed by atoms with Crippen LogP contribution in [0.1, 0.15) is 0 Å². The molecule has 0 atom stereocenters. The fraction of sp³-hybridized carbons (Fsp3) is 0.0976. The van der Waals surface area contributed by atoms with Crippen molar-refractivity contribution in [2.45, 2.75) is 0 Å². The van der Waals surface area contributed by atoms with Gasteiger partial charge in [-0.25, -0.2) is 0 Å². The molecule has 0 N–H and O–H groups in total. The summed E-state index contributed by atoms with van der Waals surface area (Å²) in [5, 5.41) is 0.934. The van der Waals surface area contributed by atoms with Crippen molar-refractivity contribution in [2.75, 3.05) is 38.2 Å². The third kappa shape index (κ3) is 6.07. The van der Waals surface area contributed by atoms with Gasteiger partial charge in [0.1, 0.15) is 34.2 Å². The van der Waals surface area contributed by atoms with Gasteiger partial charge >= 0.3 is 0 Å². The molecule has 49 heavy (non-hydrogen) atoms. The first kappa shape index (κ1) is 31.2. The molecule has 0 unspecified atom stereocenters. The zero-order valence-corrected chi connectivity index (χ0v) is 27.5. The summed E-state index contributed by atoms with van der Waals surface area (Å²) in [6, 6.07) is 42.5. The highest BCUT2D eigenvalue weighted by molar-refractivity contribution is 5.95. The van der Waals surface area contributed by atoms with E-state index in [1.807, 2.05) is 133 Å². The van der Waals surface area contributed by atoms with E-state index in [4.69, 9.17) is 23.4 Å². The Morgan fingerprint density at radius 1 is 0.388 bits per heavy atom. The maximum atomic E-state index is 14.4. The summed E-state index contributed by atoms with van der Waals surface area (Å²) in [6.45, 7) is 0. The fourth-order valence-corrected chi connectivity index (χ4v) is 5.93. The van der Waals surface area contributed by atoms with Crippen LogP contribution in [-0.4, -0.2) is 28.4 Å². The van der Waals surface area contributed by atoms with Gasteiger partial charge in [0.05, 0.1) is 39.2 Å². The van der Waals surface area contributed by atoms with Crippen LogP contribution in [0.5, 0.6) is 23.0 Å². The second kappa shape index (κ2) is 13.4. The van der Waals surface area contributed by atoms with Gasteiger partial charge in [0.25, 0.3) is 0 Å². The van der Waals surface area contributed by atoms with Crippen molar-refractivity contribution < 1.29 is 23.4 Å². The number of ether oxygens (including phenoxy) is 4. The number of fused-ring (bicyclic) bond motifs is 2. The van der Waals surface area contributed by atoms with Crippen LogP contribution in [0.15, 0.2) is 143 Å². The van der Waals surface area contributed by atoms with Crippen molar-refractivity contribution >= 4 is 56.1 Å². The molecule has 0 saturated carbocycles. The summed E-state index contributed by atoms with van der Waals surface area (Å²) >= 11 is 0. The first-order valence-corrected chi connectivity index (χ1v) is 15.7. The molecule has 8 nitrogen and oxygen atoms in total. The molecule has 0 saturated heterocycles. The van der Waals surface area contributed by atoms with Gasteiger partial charge in [-0.3, -0.25) is 4.79 Å². The van der Waals surface area contributed by atoms with Crippen LogP contribution in [0.2, 0.25) is 0 Å². The van der Waals surface area contributed by atoms with Crippen molar-refractivity contribution in [1.82, 2.24) is 0 Å². The van der Waals surface area contributed by atoms with E-state index in [0.717, 1.165) is 57.1 Å². The van der Waals surface area contributed by atoms with Crippen molar-refractivity contribution in [3.8, 4) is 23.0 Å². The van der Waals surface area contributed by atoms with E-state index in [2.05, 4.69) is 9.80 Å². The molecule has 0 spiro atoms. The monoisotopic (exact) mass is 650 g/mol. The highest BCUT2D eigenvalue weighted by Crippen LogP contribution is 2.39. The molecular formula is C41H34N2O6. The van der Waals surface area contributed by atoms with E-state index in [0.29, 0.717) is 21.9 Å². The molecule has 0 aliphatic rings. The molecular weight excluding hydrogens is 616 g/mol. The number of hydrogen-bond donors (Lipinski definition) is 0. The Morgan fingerprint density at radius 3 is 0.918 bits per heavy atom. The SMILES string of the molecule is COc1ccc(N(c2ccc(OC)cc2)c2ccc3oc4ccc(N(c5ccc(OC)cc5)c5ccc(OC)cc5)cc4c(=O)c3c2)cc1. The summed E-state index contributed by atoms with van der Waals surface area (Å²) in [6.07, 6.45) is 0. The van der Waals surface area contributed by atoms with Crippen LogP contribution in [0, 0.1) is 0 Å². The highest BCUT2D eigenvalue weighted by atomic mass is 16.5. The Balaban J connectivity index is 1.37. The zero-order chi connectivity index (χ0) is 33.9. The molecule has 244 valence electrons. The normalized spacial score (nSPS) is 10.9.